The van der Waals surface area contributed by atoms with Crippen molar-refractivity contribution in [2.24, 2.45) is 0 Å². The molecule has 1 unspecified atom stereocenters. The van der Waals surface area contributed by atoms with Crippen LogP contribution in [0.15, 0.2) is 93.5 Å². The van der Waals surface area contributed by atoms with E-state index in [2.05, 4.69) is 4.74 Å². The Kier molecular flexibility index (Phi) is 7.19. The molecule has 0 aliphatic rings. The van der Waals surface area contributed by atoms with Crippen LogP contribution in [0.3, 0.4) is 0 Å². The van der Waals surface area contributed by atoms with Gasteiger partial charge in [0.05, 0.1) is 16.5 Å². The van der Waals surface area contributed by atoms with Gasteiger partial charge in [-0.15, -0.1) is 0 Å². The molecule has 0 heterocycles. The second-order valence-electron chi connectivity index (χ2n) is 8.02. The molecule has 7 heteroatoms. The van der Waals surface area contributed by atoms with Gasteiger partial charge in [-0.25, -0.2) is 4.79 Å². The Balaban J connectivity index is 1.88. The summed E-state index contributed by atoms with van der Waals surface area (Å²) in [5, 5.41) is 0. The van der Waals surface area contributed by atoms with Gasteiger partial charge in [-0.2, -0.15) is 13.2 Å². The number of benzene rings is 3. The molecule has 0 amide bonds. The Bertz CT molecular complexity index is 1030. The Morgan fingerprint density at radius 1 is 0.781 bits per heavy atom. The molecule has 0 saturated carbocycles. The van der Waals surface area contributed by atoms with Crippen molar-refractivity contribution in [2.75, 3.05) is 6.61 Å². The largest absolute Gasteiger partial charge is 0.488 e. The summed E-state index contributed by atoms with van der Waals surface area (Å²) < 4.78 is 47.2. The number of carbonyl (C=O) groups excluding carboxylic acids is 1. The topological polar surface area (TPSA) is 35.5 Å². The van der Waals surface area contributed by atoms with Crippen molar-refractivity contribution in [3.05, 3.63) is 84.4 Å². The highest BCUT2D eigenvalue weighted by molar-refractivity contribution is 7.97. The average molecular weight is 462 g/mol. The molecule has 1 atom stereocenters. The summed E-state index contributed by atoms with van der Waals surface area (Å²) in [7, 11) is -0.473. The highest BCUT2D eigenvalue weighted by Crippen LogP contribution is 2.33. The van der Waals surface area contributed by atoms with Gasteiger partial charge in [0.1, 0.15) is 11.4 Å². The molecule has 3 nitrogen and oxygen atoms in total. The maximum atomic E-state index is 12.3. The lowest BCUT2D eigenvalue weighted by Gasteiger charge is -2.21. The van der Waals surface area contributed by atoms with E-state index in [9.17, 15) is 18.0 Å². The Morgan fingerprint density at radius 2 is 1.28 bits per heavy atom. The molecule has 0 spiro atoms. The zero-order chi connectivity index (χ0) is 23.4. The van der Waals surface area contributed by atoms with Crippen LogP contribution >= 0.6 is 0 Å². The van der Waals surface area contributed by atoms with E-state index in [1.165, 1.54) is 12.1 Å². The molecule has 3 aromatic rings. The average Bonchev–Trinajstić information content (AvgIpc) is 2.73. The lowest BCUT2D eigenvalue weighted by molar-refractivity contribution is -0.161. The number of esters is 1. The summed E-state index contributed by atoms with van der Waals surface area (Å²) in [4.78, 5) is 15.0. The van der Waals surface area contributed by atoms with Gasteiger partial charge < -0.3 is 9.47 Å². The van der Waals surface area contributed by atoms with E-state index in [1.807, 2.05) is 75.4 Å². The standard InChI is InChI=1S/C25H24F3O3S/c1-24(2,3)31-19-11-15-22(16-12-19)32(20-7-5-4-6-8-20)21-13-9-18(10-14-21)23(29)30-17-25(26,27)28/h4-16H,17H2,1-3H3/q+1. The third-order valence-electron chi connectivity index (χ3n) is 4.16. The summed E-state index contributed by atoms with van der Waals surface area (Å²) in [5.41, 5.74) is -0.234. The van der Waals surface area contributed by atoms with Crippen molar-refractivity contribution < 1.29 is 27.4 Å². The van der Waals surface area contributed by atoms with Gasteiger partial charge in [0.25, 0.3) is 0 Å². The molecule has 168 valence electrons. The number of hydrogen-bond donors (Lipinski definition) is 0. The van der Waals surface area contributed by atoms with Gasteiger partial charge in [-0.3, -0.25) is 0 Å². The van der Waals surface area contributed by atoms with Crippen molar-refractivity contribution in [3.63, 3.8) is 0 Å². The quantitative estimate of drug-likeness (QED) is 0.303. The minimum Gasteiger partial charge on any atom is -0.488 e. The monoisotopic (exact) mass is 461 g/mol. The maximum Gasteiger partial charge on any atom is 0.422 e. The van der Waals surface area contributed by atoms with Crippen molar-refractivity contribution in [3.8, 4) is 5.75 Å². The normalized spacial score (nSPS) is 12.8. The number of alkyl halides is 3. The predicted octanol–water partition coefficient (Wildman–Crippen LogP) is 6.68. The van der Waals surface area contributed by atoms with Gasteiger partial charge in [0.2, 0.25) is 0 Å². The van der Waals surface area contributed by atoms with Crippen molar-refractivity contribution >= 4 is 16.9 Å². The molecule has 32 heavy (non-hydrogen) atoms. The van der Waals surface area contributed by atoms with E-state index in [4.69, 9.17) is 4.74 Å². The van der Waals surface area contributed by atoms with Crippen LogP contribution in [0.5, 0.6) is 5.75 Å². The molecule has 0 aromatic heterocycles. The number of ether oxygens (including phenoxy) is 2. The van der Waals surface area contributed by atoms with E-state index >= 15 is 0 Å². The van der Waals surface area contributed by atoms with E-state index in [-0.39, 0.29) is 11.2 Å². The van der Waals surface area contributed by atoms with Crippen LogP contribution < -0.4 is 4.74 Å². The Morgan fingerprint density at radius 3 is 1.78 bits per heavy atom. The van der Waals surface area contributed by atoms with Crippen LogP contribution in [-0.2, 0) is 15.6 Å². The fraction of sp³-hybridized carbons (Fsp3) is 0.240. The van der Waals surface area contributed by atoms with Crippen LogP contribution in [0.4, 0.5) is 13.2 Å². The summed E-state index contributed by atoms with van der Waals surface area (Å²) in [5.74, 6) is -0.238. The summed E-state index contributed by atoms with van der Waals surface area (Å²) in [6, 6.07) is 24.2. The molecular weight excluding hydrogens is 437 g/mol. The SMILES string of the molecule is CC(C)(C)Oc1ccc([S+](c2ccccc2)c2ccc(C(=O)OCC(F)(F)F)cc2)cc1. The zero-order valence-corrected chi connectivity index (χ0v) is 18.8. The predicted molar refractivity (Wildman–Crippen MR) is 118 cm³/mol. The fourth-order valence-corrected chi connectivity index (χ4v) is 4.98. The molecule has 3 aromatic carbocycles. The molecule has 0 bridgehead atoms. The molecular formula is C25H24F3O3S+. The zero-order valence-electron chi connectivity index (χ0n) is 18.0. The third-order valence-corrected chi connectivity index (χ3v) is 6.39. The van der Waals surface area contributed by atoms with Gasteiger partial charge >= 0.3 is 12.1 Å². The van der Waals surface area contributed by atoms with E-state index in [1.54, 1.807) is 12.1 Å². The van der Waals surface area contributed by atoms with Gasteiger partial charge in [-0.1, -0.05) is 18.2 Å². The first-order chi connectivity index (χ1) is 15.0. The summed E-state index contributed by atoms with van der Waals surface area (Å²) >= 11 is 0. The molecule has 3 rings (SSSR count). The third kappa shape index (κ3) is 6.79. The molecule has 0 aliphatic heterocycles. The number of carbonyl (C=O) groups is 1. The number of hydrogen-bond acceptors (Lipinski definition) is 3. The molecule has 0 N–H and O–H groups in total. The summed E-state index contributed by atoms with van der Waals surface area (Å²) in [6.45, 7) is 4.34. The van der Waals surface area contributed by atoms with Crippen LogP contribution in [0.25, 0.3) is 0 Å². The molecule has 0 fully saturated rings. The highest BCUT2D eigenvalue weighted by Gasteiger charge is 2.31. The van der Waals surface area contributed by atoms with Crippen LogP contribution in [0.2, 0.25) is 0 Å². The first-order valence-electron chi connectivity index (χ1n) is 9.94. The number of halogens is 3. The Hall–Kier alpha value is -2.93. The minimum atomic E-state index is -4.56. The van der Waals surface area contributed by atoms with Gasteiger partial charge in [0, 0.05) is 0 Å². The van der Waals surface area contributed by atoms with E-state index in [0.29, 0.717) is 0 Å². The van der Waals surface area contributed by atoms with Crippen LogP contribution in [-0.4, -0.2) is 24.4 Å². The van der Waals surface area contributed by atoms with Crippen molar-refractivity contribution in [1.29, 1.82) is 0 Å². The first-order valence-corrected chi connectivity index (χ1v) is 11.2. The molecule has 0 aliphatic carbocycles. The Labute approximate surface area is 188 Å². The second-order valence-corrected chi connectivity index (χ2v) is 10.0. The van der Waals surface area contributed by atoms with Crippen LogP contribution in [0, 0.1) is 0 Å². The molecule has 0 saturated heterocycles. The van der Waals surface area contributed by atoms with Crippen molar-refractivity contribution in [2.45, 2.75) is 47.2 Å². The van der Waals surface area contributed by atoms with E-state index < -0.39 is 29.6 Å². The molecule has 0 radical (unpaired) electrons. The van der Waals surface area contributed by atoms with Crippen LogP contribution in [0.1, 0.15) is 31.1 Å². The smallest absolute Gasteiger partial charge is 0.422 e. The highest BCUT2D eigenvalue weighted by atomic mass is 32.2. The summed E-state index contributed by atoms with van der Waals surface area (Å²) in [6.07, 6.45) is -4.56. The van der Waals surface area contributed by atoms with Gasteiger partial charge in [0.15, 0.2) is 21.3 Å². The minimum absolute atomic E-state index is 0.0727. The second kappa shape index (κ2) is 9.69. The van der Waals surface area contributed by atoms with Crippen molar-refractivity contribution in [1.82, 2.24) is 0 Å². The lowest BCUT2D eigenvalue weighted by Crippen LogP contribution is -2.22. The maximum absolute atomic E-state index is 12.3. The number of rotatable bonds is 6. The van der Waals surface area contributed by atoms with Gasteiger partial charge in [-0.05, 0) is 81.4 Å². The fourth-order valence-electron chi connectivity index (χ4n) is 2.92. The first kappa shape index (κ1) is 23.7. The lowest BCUT2D eigenvalue weighted by atomic mass is 10.2. The van der Waals surface area contributed by atoms with E-state index in [0.717, 1.165) is 20.4 Å².